The van der Waals surface area contributed by atoms with Crippen molar-refractivity contribution >= 4 is 34.0 Å². The Morgan fingerprint density at radius 2 is 1.73 bits per heavy atom. The second kappa shape index (κ2) is 7.37. The molecular weight excluding hydrogens is 374 g/mol. The lowest BCUT2D eigenvalue weighted by Gasteiger charge is -2.11. The molecule has 0 aliphatic rings. The van der Waals surface area contributed by atoms with Crippen LogP contribution in [0.1, 0.15) is 11.4 Å². The number of hydrogen-bond acceptors (Lipinski definition) is 3. The van der Waals surface area contributed by atoms with Gasteiger partial charge in [-0.15, -0.1) is 0 Å². The van der Waals surface area contributed by atoms with E-state index in [1.165, 1.54) is 0 Å². The standard InChI is InChI=1S/C25H19N3O2/c1-30-19-12-13-22-21(15-19)17(16-26-22)11-14-24-27-23-10-6-5-9-20(23)25(29)28(24)18-7-3-2-4-8-18/h2-16,26H,1H3. The molecule has 3 aromatic carbocycles. The van der Waals surface area contributed by atoms with E-state index in [0.29, 0.717) is 16.7 Å². The first-order valence-corrected chi connectivity index (χ1v) is 9.65. The van der Waals surface area contributed by atoms with Gasteiger partial charge in [-0.25, -0.2) is 4.98 Å². The molecule has 5 aromatic rings. The van der Waals surface area contributed by atoms with Crippen molar-refractivity contribution in [3.8, 4) is 11.4 Å². The zero-order chi connectivity index (χ0) is 20.5. The molecule has 0 unspecified atom stereocenters. The fourth-order valence-electron chi connectivity index (χ4n) is 3.64. The van der Waals surface area contributed by atoms with Gasteiger partial charge in [0.05, 0.1) is 23.7 Å². The molecule has 2 heterocycles. The van der Waals surface area contributed by atoms with Gasteiger partial charge in [0, 0.05) is 22.7 Å². The molecule has 0 radical (unpaired) electrons. The van der Waals surface area contributed by atoms with E-state index in [1.54, 1.807) is 11.7 Å². The third-order valence-electron chi connectivity index (χ3n) is 5.15. The van der Waals surface area contributed by atoms with Crippen LogP contribution >= 0.6 is 0 Å². The van der Waals surface area contributed by atoms with Crippen LogP contribution in [0.4, 0.5) is 0 Å². The van der Waals surface area contributed by atoms with Crippen LogP contribution < -0.4 is 10.3 Å². The van der Waals surface area contributed by atoms with E-state index in [2.05, 4.69) is 4.98 Å². The van der Waals surface area contributed by atoms with E-state index in [0.717, 1.165) is 27.9 Å². The summed E-state index contributed by atoms with van der Waals surface area (Å²) in [6, 6.07) is 22.9. The number of nitrogens with one attached hydrogen (secondary N) is 1. The topological polar surface area (TPSA) is 59.9 Å². The molecule has 30 heavy (non-hydrogen) atoms. The van der Waals surface area contributed by atoms with Gasteiger partial charge in [0.15, 0.2) is 0 Å². The molecule has 0 bridgehead atoms. The summed E-state index contributed by atoms with van der Waals surface area (Å²) >= 11 is 0. The Morgan fingerprint density at radius 3 is 2.57 bits per heavy atom. The van der Waals surface area contributed by atoms with E-state index in [4.69, 9.17) is 9.72 Å². The maximum Gasteiger partial charge on any atom is 0.266 e. The highest BCUT2D eigenvalue weighted by molar-refractivity contribution is 5.92. The van der Waals surface area contributed by atoms with Crippen LogP contribution in [0, 0.1) is 0 Å². The van der Waals surface area contributed by atoms with Crippen molar-refractivity contribution in [3.63, 3.8) is 0 Å². The predicted molar refractivity (Wildman–Crippen MR) is 121 cm³/mol. The van der Waals surface area contributed by atoms with Gasteiger partial charge in [0.2, 0.25) is 0 Å². The summed E-state index contributed by atoms with van der Waals surface area (Å²) in [5, 5.41) is 1.63. The highest BCUT2D eigenvalue weighted by Crippen LogP contribution is 2.25. The lowest BCUT2D eigenvalue weighted by molar-refractivity contribution is 0.415. The minimum absolute atomic E-state index is 0.0907. The van der Waals surface area contributed by atoms with Crippen LogP contribution in [0.2, 0.25) is 0 Å². The van der Waals surface area contributed by atoms with Gasteiger partial charge in [-0.1, -0.05) is 30.3 Å². The highest BCUT2D eigenvalue weighted by atomic mass is 16.5. The number of aromatic nitrogens is 3. The van der Waals surface area contributed by atoms with Gasteiger partial charge in [-0.3, -0.25) is 9.36 Å². The van der Waals surface area contributed by atoms with Crippen LogP contribution in [0.5, 0.6) is 5.75 Å². The summed E-state index contributed by atoms with van der Waals surface area (Å²) < 4.78 is 7.00. The Kier molecular flexibility index (Phi) is 4.41. The van der Waals surface area contributed by atoms with Gasteiger partial charge in [0.25, 0.3) is 5.56 Å². The van der Waals surface area contributed by atoms with Crippen LogP contribution in [0.25, 0.3) is 39.6 Å². The molecule has 2 aromatic heterocycles. The first kappa shape index (κ1) is 17.9. The van der Waals surface area contributed by atoms with E-state index < -0.39 is 0 Å². The van der Waals surface area contributed by atoms with Gasteiger partial charge in [-0.05, 0) is 54.6 Å². The normalized spacial score (nSPS) is 11.5. The summed E-state index contributed by atoms with van der Waals surface area (Å²) in [5.74, 6) is 1.36. The Hall–Kier alpha value is -4.12. The molecule has 5 heteroatoms. The summed E-state index contributed by atoms with van der Waals surface area (Å²) in [5.41, 5.74) is 3.37. The quantitative estimate of drug-likeness (QED) is 0.465. The van der Waals surface area contributed by atoms with Crippen molar-refractivity contribution in [2.45, 2.75) is 0 Å². The Bertz CT molecular complexity index is 1450. The second-order valence-corrected chi connectivity index (χ2v) is 6.95. The smallest absolute Gasteiger partial charge is 0.266 e. The molecular formula is C25H19N3O2. The van der Waals surface area contributed by atoms with E-state index in [9.17, 15) is 4.79 Å². The number of para-hydroxylation sites is 2. The summed E-state index contributed by atoms with van der Waals surface area (Å²) in [7, 11) is 1.65. The van der Waals surface area contributed by atoms with Gasteiger partial charge in [0.1, 0.15) is 11.6 Å². The van der Waals surface area contributed by atoms with Crippen molar-refractivity contribution in [1.29, 1.82) is 0 Å². The predicted octanol–water partition coefficient (Wildman–Crippen LogP) is 5.05. The average Bonchev–Trinajstić information content (AvgIpc) is 3.20. The van der Waals surface area contributed by atoms with E-state index in [1.807, 2.05) is 91.1 Å². The van der Waals surface area contributed by atoms with Crippen molar-refractivity contribution in [2.75, 3.05) is 7.11 Å². The Morgan fingerprint density at radius 1 is 0.933 bits per heavy atom. The van der Waals surface area contributed by atoms with Crippen molar-refractivity contribution in [1.82, 2.24) is 14.5 Å². The fraction of sp³-hybridized carbons (Fsp3) is 0.0400. The number of H-pyrrole nitrogens is 1. The van der Waals surface area contributed by atoms with Crippen molar-refractivity contribution < 1.29 is 4.74 Å². The molecule has 0 spiro atoms. The lowest BCUT2D eigenvalue weighted by Crippen LogP contribution is -2.22. The molecule has 1 N–H and O–H groups in total. The van der Waals surface area contributed by atoms with Gasteiger partial charge >= 0.3 is 0 Å². The number of hydrogen-bond donors (Lipinski definition) is 1. The number of ether oxygens (including phenoxy) is 1. The van der Waals surface area contributed by atoms with Crippen LogP contribution in [-0.2, 0) is 0 Å². The molecule has 0 atom stereocenters. The maximum atomic E-state index is 13.3. The van der Waals surface area contributed by atoms with Gasteiger partial charge in [-0.2, -0.15) is 0 Å². The minimum Gasteiger partial charge on any atom is -0.497 e. The third kappa shape index (κ3) is 3.06. The Balaban J connectivity index is 1.70. The van der Waals surface area contributed by atoms with Crippen LogP contribution in [0.15, 0.2) is 83.8 Å². The zero-order valence-electron chi connectivity index (χ0n) is 16.4. The number of benzene rings is 3. The molecule has 146 valence electrons. The lowest BCUT2D eigenvalue weighted by atomic mass is 10.1. The van der Waals surface area contributed by atoms with Gasteiger partial charge < -0.3 is 9.72 Å². The number of aromatic amines is 1. The van der Waals surface area contributed by atoms with Crippen LogP contribution in [0.3, 0.4) is 0 Å². The zero-order valence-corrected chi connectivity index (χ0v) is 16.4. The first-order valence-electron chi connectivity index (χ1n) is 9.65. The monoisotopic (exact) mass is 393 g/mol. The van der Waals surface area contributed by atoms with Crippen molar-refractivity contribution in [3.05, 3.63) is 101 Å². The van der Waals surface area contributed by atoms with E-state index >= 15 is 0 Å². The van der Waals surface area contributed by atoms with Crippen molar-refractivity contribution in [2.24, 2.45) is 0 Å². The number of rotatable bonds is 4. The molecule has 5 rings (SSSR count). The summed E-state index contributed by atoms with van der Waals surface area (Å²) in [4.78, 5) is 21.3. The largest absolute Gasteiger partial charge is 0.497 e. The first-order chi connectivity index (χ1) is 14.7. The molecule has 0 fully saturated rings. The molecule has 0 aliphatic heterocycles. The fourth-order valence-corrected chi connectivity index (χ4v) is 3.64. The molecule has 0 saturated carbocycles. The van der Waals surface area contributed by atoms with Crippen LogP contribution in [-0.4, -0.2) is 21.6 Å². The highest BCUT2D eigenvalue weighted by Gasteiger charge is 2.11. The SMILES string of the molecule is COc1ccc2[nH]cc(C=Cc3nc4ccccc4c(=O)n3-c3ccccc3)c2c1. The molecule has 5 nitrogen and oxygen atoms in total. The average molecular weight is 393 g/mol. The molecule has 0 saturated heterocycles. The minimum atomic E-state index is -0.0907. The summed E-state index contributed by atoms with van der Waals surface area (Å²) in [6.45, 7) is 0. The third-order valence-corrected chi connectivity index (χ3v) is 5.15. The second-order valence-electron chi connectivity index (χ2n) is 6.95. The number of fused-ring (bicyclic) bond motifs is 2. The number of nitrogens with zero attached hydrogens (tertiary/aromatic N) is 2. The molecule has 0 aliphatic carbocycles. The molecule has 0 amide bonds. The summed E-state index contributed by atoms with van der Waals surface area (Å²) in [6.07, 6.45) is 5.78. The Labute approximate surface area is 172 Å². The van der Waals surface area contributed by atoms with E-state index in [-0.39, 0.29) is 5.56 Å². The maximum absolute atomic E-state index is 13.3. The number of methoxy groups -OCH3 is 1.